The summed E-state index contributed by atoms with van der Waals surface area (Å²) < 4.78 is 10.9. The van der Waals surface area contributed by atoms with E-state index in [1.165, 1.54) is 0 Å². The number of methoxy groups -OCH3 is 1. The zero-order valence-corrected chi connectivity index (χ0v) is 12.3. The van der Waals surface area contributed by atoms with E-state index in [0.29, 0.717) is 12.1 Å². The average Bonchev–Trinajstić information content (AvgIpc) is 2.25. The molecule has 0 saturated heterocycles. The van der Waals surface area contributed by atoms with Gasteiger partial charge < -0.3 is 20.1 Å². The highest BCUT2D eigenvalue weighted by atomic mass is 16.5. The Bertz CT molecular complexity index is 184. The monoisotopic (exact) mass is 246 g/mol. The van der Waals surface area contributed by atoms with Crippen LogP contribution < -0.4 is 10.6 Å². The van der Waals surface area contributed by atoms with Crippen LogP contribution in [0.3, 0.4) is 0 Å². The topological polar surface area (TPSA) is 42.5 Å². The quantitative estimate of drug-likeness (QED) is 0.572. The third-order valence-corrected chi connectivity index (χ3v) is 2.46. The smallest absolute Gasteiger partial charge is 0.0751 e. The van der Waals surface area contributed by atoms with Gasteiger partial charge in [0.25, 0.3) is 0 Å². The van der Waals surface area contributed by atoms with Crippen LogP contribution in [0.2, 0.25) is 0 Å². The molecule has 0 aromatic rings. The minimum Gasteiger partial charge on any atom is -0.383 e. The number of hydrogen-bond donors (Lipinski definition) is 2. The molecule has 0 fully saturated rings. The zero-order valence-electron chi connectivity index (χ0n) is 12.3. The Balaban J connectivity index is 3.68. The van der Waals surface area contributed by atoms with Gasteiger partial charge in [0.15, 0.2) is 0 Å². The minimum absolute atomic E-state index is 0.124. The highest BCUT2D eigenvalue weighted by Gasteiger charge is 2.19. The Morgan fingerprint density at radius 3 is 2.29 bits per heavy atom. The summed E-state index contributed by atoms with van der Waals surface area (Å²) in [5.41, 5.74) is -0.124. The lowest BCUT2D eigenvalue weighted by molar-refractivity contribution is -0.0262. The van der Waals surface area contributed by atoms with Crippen molar-refractivity contribution in [3.05, 3.63) is 0 Å². The molecule has 0 bridgehead atoms. The maximum atomic E-state index is 5.91. The van der Waals surface area contributed by atoms with Crippen molar-refractivity contribution in [3.63, 3.8) is 0 Å². The van der Waals surface area contributed by atoms with Crippen molar-refractivity contribution in [1.29, 1.82) is 0 Å². The summed E-state index contributed by atoms with van der Waals surface area (Å²) in [7, 11) is 1.71. The van der Waals surface area contributed by atoms with Crippen LogP contribution in [0.25, 0.3) is 0 Å². The van der Waals surface area contributed by atoms with Crippen LogP contribution in [-0.2, 0) is 9.47 Å². The fourth-order valence-electron chi connectivity index (χ4n) is 1.32. The van der Waals surface area contributed by atoms with Crippen LogP contribution in [0.1, 0.15) is 34.6 Å². The molecular weight excluding hydrogens is 216 g/mol. The van der Waals surface area contributed by atoms with Crippen LogP contribution in [0, 0.1) is 0 Å². The molecule has 0 aliphatic carbocycles. The summed E-state index contributed by atoms with van der Waals surface area (Å²) in [5.74, 6) is 0. The highest BCUT2D eigenvalue weighted by Crippen LogP contribution is 2.08. The van der Waals surface area contributed by atoms with Gasteiger partial charge in [-0.1, -0.05) is 13.8 Å². The summed E-state index contributed by atoms with van der Waals surface area (Å²) in [6.07, 6.45) is 0. The van der Waals surface area contributed by atoms with E-state index < -0.39 is 0 Å². The lowest BCUT2D eigenvalue weighted by atomic mass is 10.1. The van der Waals surface area contributed by atoms with E-state index in [0.717, 1.165) is 26.3 Å². The van der Waals surface area contributed by atoms with Gasteiger partial charge in [0.2, 0.25) is 0 Å². The van der Waals surface area contributed by atoms with E-state index in [-0.39, 0.29) is 5.60 Å². The van der Waals surface area contributed by atoms with Gasteiger partial charge in [-0.25, -0.2) is 0 Å². The standard InChI is InChI=1S/C13H30N2O2/c1-11(2)15-10-13(4,5)17-9-12(3)14-7-8-16-6/h11-12,14-15H,7-10H2,1-6H3. The van der Waals surface area contributed by atoms with Crippen molar-refractivity contribution in [1.82, 2.24) is 10.6 Å². The van der Waals surface area contributed by atoms with E-state index in [1.807, 2.05) is 0 Å². The SMILES string of the molecule is COCCNC(C)COC(C)(C)CNC(C)C. The van der Waals surface area contributed by atoms with Crippen molar-refractivity contribution in [2.75, 3.05) is 33.4 Å². The molecule has 0 aliphatic rings. The first-order valence-electron chi connectivity index (χ1n) is 6.47. The van der Waals surface area contributed by atoms with Crippen LogP contribution in [0.4, 0.5) is 0 Å². The molecule has 0 aromatic carbocycles. The van der Waals surface area contributed by atoms with Crippen LogP contribution in [0.5, 0.6) is 0 Å². The average molecular weight is 246 g/mol. The molecule has 4 nitrogen and oxygen atoms in total. The van der Waals surface area contributed by atoms with Gasteiger partial charge in [0, 0.05) is 32.3 Å². The lowest BCUT2D eigenvalue weighted by Gasteiger charge is -2.28. The Morgan fingerprint density at radius 2 is 1.76 bits per heavy atom. The first-order chi connectivity index (χ1) is 7.87. The summed E-state index contributed by atoms with van der Waals surface area (Å²) in [6.45, 7) is 13.8. The van der Waals surface area contributed by atoms with E-state index >= 15 is 0 Å². The molecule has 1 atom stereocenters. The maximum absolute atomic E-state index is 5.91. The Hall–Kier alpha value is -0.160. The first kappa shape index (κ1) is 16.8. The minimum atomic E-state index is -0.124. The molecule has 2 N–H and O–H groups in total. The van der Waals surface area contributed by atoms with Crippen molar-refractivity contribution < 1.29 is 9.47 Å². The number of hydrogen-bond acceptors (Lipinski definition) is 4. The number of rotatable bonds is 10. The maximum Gasteiger partial charge on any atom is 0.0751 e. The van der Waals surface area contributed by atoms with Gasteiger partial charge in [0.05, 0.1) is 18.8 Å². The Kier molecular flexibility index (Phi) is 8.78. The summed E-state index contributed by atoms with van der Waals surface area (Å²) >= 11 is 0. The second-order valence-electron chi connectivity index (χ2n) is 5.45. The molecule has 0 radical (unpaired) electrons. The number of nitrogens with one attached hydrogen (secondary N) is 2. The largest absolute Gasteiger partial charge is 0.383 e. The van der Waals surface area contributed by atoms with Crippen LogP contribution in [0.15, 0.2) is 0 Å². The second kappa shape index (κ2) is 8.86. The Morgan fingerprint density at radius 1 is 1.12 bits per heavy atom. The molecule has 0 spiro atoms. The van der Waals surface area contributed by atoms with Gasteiger partial charge in [-0.05, 0) is 20.8 Å². The molecular formula is C13H30N2O2. The lowest BCUT2D eigenvalue weighted by Crippen LogP contribution is -2.43. The normalized spacial score (nSPS) is 14.3. The third-order valence-electron chi connectivity index (χ3n) is 2.46. The van der Waals surface area contributed by atoms with Gasteiger partial charge in [-0.3, -0.25) is 0 Å². The highest BCUT2D eigenvalue weighted by molar-refractivity contribution is 4.74. The zero-order chi connectivity index (χ0) is 13.3. The van der Waals surface area contributed by atoms with Gasteiger partial charge in [-0.2, -0.15) is 0 Å². The number of ether oxygens (including phenoxy) is 2. The van der Waals surface area contributed by atoms with E-state index in [2.05, 4.69) is 45.3 Å². The molecule has 0 aliphatic heterocycles. The van der Waals surface area contributed by atoms with Crippen molar-refractivity contribution in [2.45, 2.75) is 52.3 Å². The molecule has 0 aromatic heterocycles. The van der Waals surface area contributed by atoms with Crippen molar-refractivity contribution in [3.8, 4) is 0 Å². The van der Waals surface area contributed by atoms with Crippen LogP contribution in [-0.4, -0.2) is 51.1 Å². The molecule has 0 heterocycles. The molecule has 17 heavy (non-hydrogen) atoms. The molecule has 0 amide bonds. The fourth-order valence-corrected chi connectivity index (χ4v) is 1.32. The summed E-state index contributed by atoms with van der Waals surface area (Å²) in [6, 6.07) is 0.846. The van der Waals surface area contributed by atoms with E-state index in [1.54, 1.807) is 7.11 Å². The first-order valence-corrected chi connectivity index (χ1v) is 6.47. The summed E-state index contributed by atoms with van der Waals surface area (Å²) in [5, 5.41) is 6.75. The Labute approximate surface area is 106 Å². The van der Waals surface area contributed by atoms with Crippen molar-refractivity contribution >= 4 is 0 Å². The molecule has 0 saturated carbocycles. The van der Waals surface area contributed by atoms with Crippen molar-refractivity contribution in [2.24, 2.45) is 0 Å². The molecule has 104 valence electrons. The van der Waals surface area contributed by atoms with Gasteiger partial charge in [0.1, 0.15) is 0 Å². The molecule has 4 heteroatoms. The van der Waals surface area contributed by atoms with Crippen LogP contribution >= 0.6 is 0 Å². The fraction of sp³-hybridized carbons (Fsp3) is 1.00. The van der Waals surface area contributed by atoms with Gasteiger partial charge >= 0.3 is 0 Å². The van der Waals surface area contributed by atoms with E-state index in [9.17, 15) is 0 Å². The second-order valence-corrected chi connectivity index (χ2v) is 5.45. The van der Waals surface area contributed by atoms with E-state index in [4.69, 9.17) is 9.47 Å². The molecule has 1 unspecified atom stereocenters. The predicted molar refractivity (Wildman–Crippen MR) is 72.5 cm³/mol. The molecule has 0 rings (SSSR count). The predicted octanol–water partition coefficient (Wildman–Crippen LogP) is 1.40. The summed E-state index contributed by atoms with van der Waals surface area (Å²) in [4.78, 5) is 0. The van der Waals surface area contributed by atoms with Gasteiger partial charge in [-0.15, -0.1) is 0 Å². The third kappa shape index (κ3) is 10.7.